The van der Waals surface area contributed by atoms with E-state index in [1.54, 1.807) is 31.2 Å². The summed E-state index contributed by atoms with van der Waals surface area (Å²) in [7, 11) is -3.79. The molecule has 1 atom stereocenters. The number of hydrogen-bond donors (Lipinski definition) is 2. The number of rotatable bonds is 8. The third kappa shape index (κ3) is 4.51. The van der Waals surface area contributed by atoms with Crippen LogP contribution in [0.2, 0.25) is 0 Å². The van der Waals surface area contributed by atoms with Crippen molar-refractivity contribution in [2.75, 3.05) is 24.0 Å². The first-order valence-corrected chi connectivity index (χ1v) is 11.4. The molecule has 2 amide bonds. The Morgan fingerprint density at radius 3 is 2.50 bits per heavy atom. The monoisotopic (exact) mass is 433 g/mol. The molecule has 30 heavy (non-hydrogen) atoms. The molecule has 2 N–H and O–H groups in total. The highest BCUT2D eigenvalue weighted by Crippen LogP contribution is 2.41. The number of carbonyl (C=O) groups is 2. The fourth-order valence-electron chi connectivity index (χ4n) is 3.65. The second-order valence-corrected chi connectivity index (χ2v) is 9.47. The van der Waals surface area contributed by atoms with E-state index in [-0.39, 0.29) is 30.6 Å². The minimum Gasteiger partial charge on any atom is -0.450 e. The van der Waals surface area contributed by atoms with Gasteiger partial charge in [0.25, 0.3) is 10.0 Å². The zero-order valence-electron chi connectivity index (χ0n) is 17.3. The fourth-order valence-corrected chi connectivity index (χ4v) is 5.32. The largest absolute Gasteiger partial charge is 0.450 e. The summed E-state index contributed by atoms with van der Waals surface area (Å²) in [6.07, 6.45) is 0.105. The van der Waals surface area contributed by atoms with Crippen molar-refractivity contribution < 1.29 is 22.7 Å². The van der Waals surface area contributed by atoms with Crippen LogP contribution in [-0.2, 0) is 19.6 Å². The molecule has 2 aromatic carbocycles. The van der Waals surface area contributed by atoms with Gasteiger partial charge in [-0.2, -0.15) is 0 Å². The van der Waals surface area contributed by atoms with Gasteiger partial charge < -0.3 is 15.4 Å². The molecular weight excluding hydrogens is 406 g/mol. The van der Waals surface area contributed by atoms with Gasteiger partial charge in [0, 0.05) is 18.0 Å². The molecule has 0 spiro atoms. The second kappa shape index (κ2) is 8.91. The molecular formula is C21H27N3O5S. The topological polar surface area (TPSA) is 105 Å². The molecule has 0 radical (unpaired) electrons. The van der Waals surface area contributed by atoms with Crippen LogP contribution < -0.4 is 14.9 Å². The minimum absolute atomic E-state index is 0.181. The molecule has 1 unspecified atom stereocenters. The lowest BCUT2D eigenvalue weighted by Gasteiger charge is -2.22. The van der Waals surface area contributed by atoms with Gasteiger partial charge in [-0.1, -0.05) is 38.1 Å². The number of ether oxygens (including phenoxy) is 1. The number of anilines is 1. The number of alkyl carbamates (subject to hydrolysis) is 1. The molecule has 0 fully saturated rings. The van der Waals surface area contributed by atoms with Crippen LogP contribution in [0.1, 0.15) is 27.2 Å². The van der Waals surface area contributed by atoms with E-state index >= 15 is 0 Å². The van der Waals surface area contributed by atoms with Crippen molar-refractivity contribution in [3.8, 4) is 0 Å². The molecule has 162 valence electrons. The van der Waals surface area contributed by atoms with E-state index in [9.17, 15) is 18.0 Å². The first-order valence-electron chi connectivity index (χ1n) is 9.98. The molecule has 8 nitrogen and oxygen atoms in total. The van der Waals surface area contributed by atoms with Gasteiger partial charge in [-0.05, 0) is 36.8 Å². The van der Waals surface area contributed by atoms with Gasteiger partial charge in [-0.3, -0.25) is 9.10 Å². The smallest absolute Gasteiger partial charge is 0.407 e. The van der Waals surface area contributed by atoms with Crippen LogP contribution in [0.3, 0.4) is 0 Å². The van der Waals surface area contributed by atoms with Crippen molar-refractivity contribution >= 4 is 38.5 Å². The maximum absolute atomic E-state index is 13.0. The van der Waals surface area contributed by atoms with Gasteiger partial charge in [0.05, 0.1) is 17.2 Å². The maximum atomic E-state index is 13.0. The predicted octanol–water partition coefficient (Wildman–Crippen LogP) is 2.63. The fraction of sp³-hybridized carbons (Fsp3) is 0.429. The van der Waals surface area contributed by atoms with Crippen molar-refractivity contribution in [1.82, 2.24) is 10.6 Å². The van der Waals surface area contributed by atoms with Crippen molar-refractivity contribution in [1.29, 1.82) is 0 Å². The highest BCUT2D eigenvalue weighted by atomic mass is 32.2. The Morgan fingerprint density at radius 2 is 1.83 bits per heavy atom. The Balaban J connectivity index is 1.70. The molecule has 0 saturated carbocycles. The Morgan fingerprint density at radius 1 is 1.13 bits per heavy atom. The summed E-state index contributed by atoms with van der Waals surface area (Å²) >= 11 is 0. The molecule has 9 heteroatoms. The average molecular weight is 434 g/mol. The summed E-state index contributed by atoms with van der Waals surface area (Å²) in [5.41, 5.74) is 0.502. The number of sulfonamides is 1. The van der Waals surface area contributed by atoms with E-state index in [0.29, 0.717) is 23.4 Å². The number of benzene rings is 2. The van der Waals surface area contributed by atoms with E-state index in [1.165, 1.54) is 0 Å². The van der Waals surface area contributed by atoms with Gasteiger partial charge >= 0.3 is 6.09 Å². The summed E-state index contributed by atoms with van der Waals surface area (Å²) in [6.45, 7) is 5.84. The van der Waals surface area contributed by atoms with Crippen molar-refractivity contribution in [3.05, 3.63) is 36.4 Å². The lowest BCUT2D eigenvalue weighted by molar-refractivity contribution is -0.119. The maximum Gasteiger partial charge on any atom is 0.407 e. The number of carbonyl (C=O) groups excluding carboxylic acids is 2. The average Bonchev–Trinajstić information content (AvgIpc) is 2.89. The lowest BCUT2D eigenvalue weighted by atomic mass is 10.0. The molecule has 1 heterocycles. The minimum atomic E-state index is -3.79. The van der Waals surface area contributed by atoms with Crippen LogP contribution >= 0.6 is 0 Å². The van der Waals surface area contributed by atoms with E-state index in [0.717, 1.165) is 9.69 Å². The zero-order chi connectivity index (χ0) is 21.9. The van der Waals surface area contributed by atoms with Gasteiger partial charge in [0.1, 0.15) is 6.54 Å². The Bertz CT molecular complexity index is 1050. The summed E-state index contributed by atoms with van der Waals surface area (Å²) in [5, 5.41) is 6.93. The molecule has 0 bridgehead atoms. The Kier molecular flexibility index (Phi) is 6.50. The standard InChI is InChI=1S/C21H27N3O5S/c1-4-29-21(26)23-16(11-14(2)3)12-22-19(25)13-24-17-9-5-7-15-8-6-10-18(20(15)17)30(24,27)28/h5-10,14,16H,4,11-13H2,1-3H3,(H,22,25)(H,23,26). The van der Waals surface area contributed by atoms with Crippen LogP contribution in [0.15, 0.2) is 41.3 Å². The van der Waals surface area contributed by atoms with Gasteiger partial charge in [-0.25, -0.2) is 13.2 Å². The first-order chi connectivity index (χ1) is 14.2. The Hall–Kier alpha value is -2.81. The summed E-state index contributed by atoms with van der Waals surface area (Å²) < 4.78 is 32.0. The molecule has 1 aliphatic rings. The second-order valence-electron chi connectivity index (χ2n) is 7.64. The normalized spacial score (nSPS) is 15.3. The summed E-state index contributed by atoms with van der Waals surface area (Å²) in [6, 6.07) is 10.1. The van der Waals surface area contributed by atoms with Crippen LogP contribution in [-0.4, -0.2) is 46.2 Å². The van der Waals surface area contributed by atoms with Gasteiger partial charge in [0.15, 0.2) is 0 Å². The number of nitrogens with zero attached hydrogens (tertiary/aromatic N) is 1. The zero-order valence-corrected chi connectivity index (χ0v) is 18.2. The summed E-state index contributed by atoms with van der Waals surface area (Å²) in [4.78, 5) is 24.6. The molecule has 1 aliphatic heterocycles. The van der Waals surface area contributed by atoms with Crippen LogP contribution in [0.4, 0.5) is 10.5 Å². The molecule has 3 rings (SSSR count). The summed E-state index contributed by atoms with van der Waals surface area (Å²) in [5.74, 6) is -0.150. The van der Waals surface area contributed by atoms with Crippen molar-refractivity contribution in [2.24, 2.45) is 5.92 Å². The van der Waals surface area contributed by atoms with E-state index < -0.39 is 22.0 Å². The van der Waals surface area contributed by atoms with E-state index in [2.05, 4.69) is 10.6 Å². The quantitative estimate of drug-likeness (QED) is 0.666. The molecule has 0 aromatic heterocycles. The SMILES string of the molecule is CCOC(=O)NC(CNC(=O)CN1c2cccc3cccc(c23)S1(=O)=O)CC(C)C. The van der Waals surface area contributed by atoms with Gasteiger partial charge in [0.2, 0.25) is 5.91 Å². The van der Waals surface area contributed by atoms with Gasteiger partial charge in [-0.15, -0.1) is 0 Å². The molecule has 0 saturated heterocycles. The van der Waals surface area contributed by atoms with Crippen molar-refractivity contribution in [2.45, 2.75) is 38.1 Å². The number of nitrogens with one attached hydrogen (secondary N) is 2. The first kappa shape index (κ1) is 21.9. The lowest BCUT2D eigenvalue weighted by Crippen LogP contribution is -2.47. The predicted molar refractivity (Wildman–Crippen MR) is 115 cm³/mol. The third-order valence-electron chi connectivity index (χ3n) is 4.87. The van der Waals surface area contributed by atoms with E-state index in [1.807, 2.05) is 26.0 Å². The molecule has 0 aliphatic carbocycles. The molecule has 2 aromatic rings. The van der Waals surface area contributed by atoms with Crippen LogP contribution in [0.25, 0.3) is 10.8 Å². The van der Waals surface area contributed by atoms with E-state index in [4.69, 9.17) is 4.74 Å². The third-order valence-corrected chi connectivity index (χ3v) is 6.67. The highest BCUT2D eigenvalue weighted by molar-refractivity contribution is 7.93. The van der Waals surface area contributed by atoms with Crippen LogP contribution in [0.5, 0.6) is 0 Å². The highest BCUT2D eigenvalue weighted by Gasteiger charge is 2.36. The Labute approximate surface area is 176 Å². The van der Waals surface area contributed by atoms with Crippen molar-refractivity contribution in [3.63, 3.8) is 0 Å². The number of amides is 2. The number of hydrogen-bond acceptors (Lipinski definition) is 5. The van der Waals surface area contributed by atoms with Crippen LogP contribution in [0, 0.1) is 5.92 Å².